The summed E-state index contributed by atoms with van der Waals surface area (Å²) in [6.07, 6.45) is 1.32. The van der Waals surface area contributed by atoms with Gasteiger partial charge in [-0.25, -0.2) is 4.79 Å². The lowest BCUT2D eigenvalue weighted by Gasteiger charge is -2.11. The highest BCUT2D eigenvalue weighted by molar-refractivity contribution is 6.10. The maximum atomic E-state index is 12.7. The molecule has 0 atom stereocenters. The fourth-order valence-electron chi connectivity index (χ4n) is 2.99. The molecule has 35 heavy (non-hydrogen) atoms. The molecular formula is C25H19N3O7. The lowest BCUT2D eigenvalue weighted by molar-refractivity contribution is -0.384. The third-order valence-corrected chi connectivity index (χ3v) is 4.72. The van der Waals surface area contributed by atoms with E-state index in [2.05, 4.69) is 5.32 Å². The van der Waals surface area contributed by atoms with Crippen molar-refractivity contribution in [1.82, 2.24) is 0 Å². The topological polar surface area (TPSA) is 141 Å². The second kappa shape index (κ2) is 11.1. The summed E-state index contributed by atoms with van der Waals surface area (Å²) in [7, 11) is 2.69. The molecule has 3 rings (SSSR count). The molecule has 0 saturated carbocycles. The number of nitro groups is 1. The number of non-ortho nitro benzene ring substituents is 1. The summed E-state index contributed by atoms with van der Waals surface area (Å²) in [5, 5.41) is 23.0. The van der Waals surface area contributed by atoms with Gasteiger partial charge in [0, 0.05) is 6.07 Å². The molecular weight excluding hydrogens is 454 g/mol. The Labute approximate surface area is 200 Å². The predicted molar refractivity (Wildman–Crippen MR) is 126 cm³/mol. The summed E-state index contributed by atoms with van der Waals surface area (Å²) >= 11 is 0. The smallest absolute Gasteiger partial charge is 0.343 e. The minimum atomic E-state index is -0.752. The van der Waals surface area contributed by atoms with Gasteiger partial charge in [0.2, 0.25) is 0 Å². The van der Waals surface area contributed by atoms with Crippen molar-refractivity contribution in [3.05, 3.63) is 93.5 Å². The summed E-state index contributed by atoms with van der Waals surface area (Å²) in [5.74, 6) is -0.870. The van der Waals surface area contributed by atoms with Crippen molar-refractivity contribution in [1.29, 1.82) is 5.26 Å². The van der Waals surface area contributed by atoms with E-state index >= 15 is 0 Å². The predicted octanol–water partition coefficient (Wildman–Crippen LogP) is 4.38. The Morgan fingerprint density at radius 2 is 1.69 bits per heavy atom. The number of methoxy groups -OCH3 is 2. The van der Waals surface area contributed by atoms with Gasteiger partial charge in [0.25, 0.3) is 11.6 Å². The quantitative estimate of drug-likeness (QED) is 0.127. The van der Waals surface area contributed by atoms with Crippen LogP contribution in [0, 0.1) is 21.4 Å². The molecule has 3 aromatic carbocycles. The molecule has 0 saturated heterocycles. The lowest BCUT2D eigenvalue weighted by atomic mass is 10.1. The third-order valence-electron chi connectivity index (χ3n) is 4.72. The maximum Gasteiger partial charge on any atom is 0.343 e. The van der Waals surface area contributed by atoms with E-state index < -0.39 is 16.8 Å². The van der Waals surface area contributed by atoms with Gasteiger partial charge in [-0.1, -0.05) is 24.3 Å². The van der Waals surface area contributed by atoms with E-state index in [4.69, 9.17) is 14.2 Å². The Bertz CT molecular complexity index is 1340. The number of nitrogens with one attached hydrogen (secondary N) is 1. The highest BCUT2D eigenvalue weighted by Crippen LogP contribution is 2.31. The molecule has 0 unspecified atom stereocenters. The summed E-state index contributed by atoms with van der Waals surface area (Å²) in [6.45, 7) is 0. The van der Waals surface area contributed by atoms with Crippen LogP contribution in [0.5, 0.6) is 17.2 Å². The molecule has 0 fully saturated rings. The average Bonchev–Trinajstić information content (AvgIpc) is 2.88. The van der Waals surface area contributed by atoms with Crippen molar-refractivity contribution >= 4 is 29.3 Å². The molecule has 0 aliphatic rings. The van der Waals surface area contributed by atoms with Crippen LogP contribution in [0.15, 0.2) is 72.3 Å². The Hall–Kier alpha value is -5.17. The SMILES string of the molecule is COc1cc([N+](=O)[O-])ccc1NC(=O)C(C#N)=Cc1ccc(OC(=O)c2ccccc2)c(OC)c1. The van der Waals surface area contributed by atoms with Gasteiger partial charge >= 0.3 is 5.97 Å². The van der Waals surface area contributed by atoms with Crippen LogP contribution in [0.2, 0.25) is 0 Å². The molecule has 0 spiro atoms. The van der Waals surface area contributed by atoms with E-state index in [1.807, 2.05) is 6.07 Å². The second-order valence-corrected chi connectivity index (χ2v) is 6.93. The van der Waals surface area contributed by atoms with E-state index in [1.54, 1.807) is 36.4 Å². The first-order chi connectivity index (χ1) is 16.9. The summed E-state index contributed by atoms with van der Waals surface area (Å²) in [4.78, 5) is 35.3. The third kappa shape index (κ3) is 6.00. The maximum absolute atomic E-state index is 12.7. The number of nitro benzene ring substituents is 1. The molecule has 3 aromatic rings. The van der Waals surface area contributed by atoms with E-state index in [-0.39, 0.29) is 34.2 Å². The molecule has 176 valence electrons. The van der Waals surface area contributed by atoms with Crippen LogP contribution in [0.4, 0.5) is 11.4 Å². The van der Waals surface area contributed by atoms with Crippen LogP contribution in [-0.2, 0) is 4.79 Å². The largest absolute Gasteiger partial charge is 0.494 e. The van der Waals surface area contributed by atoms with Gasteiger partial charge in [-0.2, -0.15) is 5.26 Å². The van der Waals surface area contributed by atoms with Crippen molar-refractivity contribution in [2.24, 2.45) is 0 Å². The number of nitriles is 1. The van der Waals surface area contributed by atoms with E-state index in [9.17, 15) is 25.0 Å². The van der Waals surface area contributed by atoms with Gasteiger partial charge < -0.3 is 19.5 Å². The van der Waals surface area contributed by atoms with Crippen molar-refractivity contribution in [3.63, 3.8) is 0 Å². The van der Waals surface area contributed by atoms with Crippen molar-refractivity contribution in [2.45, 2.75) is 0 Å². The standard InChI is InChI=1S/C25H19N3O7/c1-33-22-14-19(28(31)32)9-10-20(22)27-24(29)18(15-26)12-16-8-11-21(23(13-16)34-2)35-25(30)17-6-4-3-5-7-17/h3-14H,1-2H3,(H,27,29). The van der Waals surface area contributed by atoms with Crippen molar-refractivity contribution in [3.8, 4) is 23.3 Å². The molecule has 0 radical (unpaired) electrons. The van der Waals surface area contributed by atoms with Crippen molar-refractivity contribution in [2.75, 3.05) is 19.5 Å². The van der Waals surface area contributed by atoms with Crippen LogP contribution >= 0.6 is 0 Å². The fourth-order valence-corrected chi connectivity index (χ4v) is 2.99. The molecule has 1 amide bonds. The Balaban J connectivity index is 1.82. The number of hydrogen-bond donors (Lipinski definition) is 1. The summed E-state index contributed by atoms with van der Waals surface area (Å²) < 4.78 is 15.8. The zero-order chi connectivity index (χ0) is 25.4. The minimum Gasteiger partial charge on any atom is -0.494 e. The van der Waals surface area contributed by atoms with Gasteiger partial charge in [-0.15, -0.1) is 0 Å². The fraction of sp³-hybridized carbons (Fsp3) is 0.0800. The number of ether oxygens (including phenoxy) is 3. The highest BCUT2D eigenvalue weighted by Gasteiger charge is 2.17. The second-order valence-electron chi connectivity index (χ2n) is 6.93. The number of anilines is 1. The zero-order valence-electron chi connectivity index (χ0n) is 18.7. The van der Waals surface area contributed by atoms with Gasteiger partial charge in [0.05, 0.1) is 36.5 Å². The molecule has 0 heterocycles. The van der Waals surface area contributed by atoms with Crippen LogP contribution in [-0.4, -0.2) is 31.0 Å². The number of carbonyl (C=O) groups excluding carboxylic acids is 2. The number of amides is 1. The van der Waals surface area contributed by atoms with Crippen LogP contribution in [0.1, 0.15) is 15.9 Å². The average molecular weight is 473 g/mol. The Morgan fingerprint density at radius 1 is 0.971 bits per heavy atom. The number of nitrogens with zero attached hydrogens (tertiary/aromatic N) is 2. The minimum absolute atomic E-state index is 0.0658. The van der Waals surface area contributed by atoms with Gasteiger partial charge in [-0.05, 0) is 42.0 Å². The van der Waals surface area contributed by atoms with Crippen LogP contribution in [0.3, 0.4) is 0 Å². The normalized spacial score (nSPS) is 10.6. The monoisotopic (exact) mass is 473 g/mol. The Kier molecular flexibility index (Phi) is 7.77. The zero-order valence-corrected chi connectivity index (χ0v) is 18.7. The number of rotatable bonds is 8. The van der Waals surface area contributed by atoms with E-state index in [0.717, 1.165) is 6.07 Å². The van der Waals surface area contributed by atoms with Gasteiger partial charge in [0.15, 0.2) is 11.5 Å². The summed E-state index contributed by atoms with van der Waals surface area (Å²) in [5.41, 5.74) is 0.495. The molecule has 0 aliphatic carbocycles. The molecule has 10 nitrogen and oxygen atoms in total. The van der Waals surface area contributed by atoms with Gasteiger partial charge in [0.1, 0.15) is 17.4 Å². The number of carbonyl (C=O) groups is 2. The first kappa shape index (κ1) is 24.5. The molecule has 0 bridgehead atoms. The van der Waals surface area contributed by atoms with E-state index in [0.29, 0.717) is 11.1 Å². The van der Waals surface area contributed by atoms with Crippen LogP contribution in [0.25, 0.3) is 6.08 Å². The van der Waals surface area contributed by atoms with Gasteiger partial charge in [-0.3, -0.25) is 14.9 Å². The first-order valence-corrected chi connectivity index (χ1v) is 10.1. The number of hydrogen-bond acceptors (Lipinski definition) is 8. The van der Waals surface area contributed by atoms with E-state index in [1.165, 1.54) is 44.6 Å². The molecule has 10 heteroatoms. The Morgan fingerprint density at radius 3 is 2.31 bits per heavy atom. The number of esters is 1. The van der Waals surface area contributed by atoms with Crippen molar-refractivity contribution < 1.29 is 28.7 Å². The molecule has 0 aliphatic heterocycles. The first-order valence-electron chi connectivity index (χ1n) is 10.1. The lowest BCUT2D eigenvalue weighted by Crippen LogP contribution is -2.14. The van der Waals surface area contributed by atoms with Crippen LogP contribution < -0.4 is 19.5 Å². The molecule has 1 N–H and O–H groups in total. The number of benzene rings is 3. The molecule has 0 aromatic heterocycles. The highest BCUT2D eigenvalue weighted by atomic mass is 16.6. The summed E-state index contributed by atoms with van der Waals surface area (Å²) in [6, 6.07) is 18.5.